The van der Waals surface area contributed by atoms with Crippen LogP contribution in [0.5, 0.6) is 0 Å². The Bertz CT molecular complexity index is 455. The summed E-state index contributed by atoms with van der Waals surface area (Å²) in [5, 5.41) is 2.72. The first-order valence-electron chi connectivity index (χ1n) is 8.09. The Labute approximate surface area is 127 Å². The summed E-state index contributed by atoms with van der Waals surface area (Å²) in [6, 6.07) is 0. The summed E-state index contributed by atoms with van der Waals surface area (Å²) in [6.45, 7) is 4.82. The molecule has 0 aromatic carbocycles. The minimum atomic E-state index is -0.382. The fraction of sp³-hybridized carbons (Fsp3) is 0.882. The molecule has 4 saturated carbocycles. The van der Waals surface area contributed by atoms with Gasteiger partial charge in [-0.1, -0.05) is 13.8 Å². The molecular formula is C17H27NO3. The van der Waals surface area contributed by atoms with Crippen molar-refractivity contribution in [3.05, 3.63) is 0 Å². The third kappa shape index (κ3) is 2.82. The Morgan fingerprint density at radius 1 is 1.10 bits per heavy atom. The molecule has 118 valence electrons. The first-order valence-corrected chi connectivity index (χ1v) is 8.09. The second kappa shape index (κ2) is 4.72. The summed E-state index contributed by atoms with van der Waals surface area (Å²) in [5.41, 5.74) is 1.02. The average Bonchev–Trinajstić information content (AvgIpc) is 2.30. The predicted octanol–water partition coefficient (Wildman–Crippen LogP) is 2.66. The van der Waals surface area contributed by atoms with Crippen LogP contribution in [0.15, 0.2) is 0 Å². The lowest BCUT2D eigenvalue weighted by Gasteiger charge is -2.65. The van der Waals surface area contributed by atoms with Crippen LogP contribution in [0.2, 0.25) is 0 Å². The van der Waals surface area contributed by atoms with Gasteiger partial charge in [0.1, 0.15) is 6.54 Å². The summed E-state index contributed by atoms with van der Waals surface area (Å²) < 4.78 is 4.57. The van der Waals surface area contributed by atoms with E-state index in [9.17, 15) is 9.59 Å². The number of esters is 1. The zero-order valence-corrected chi connectivity index (χ0v) is 13.5. The number of rotatable bonds is 4. The van der Waals surface area contributed by atoms with Gasteiger partial charge in [-0.25, -0.2) is 0 Å². The molecule has 0 aromatic rings. The highest BCUT2D eigenvalue weighted by Crippen LogP contribution is 2.70. The van der Waals surface area contributed by atoms with Crippen molar-refractivity contribution in [1.29, 1.82) is 0 Å². The number of hydrogen-bond acceptors (Lipinski definition) is 3. The molecule has 4 aliphatic rings. The topological polar surface area (TPSA) is 55.4 Å². The van der Waals surface area contributed by atoms with Gasteiger partial charge in [-0.3, -0.25) is 9.59 Å². The van der Waals surface area contributed by atoms with E-state index in [-0.39, 0.29) is 23.8 Å². The van der Waals surface area contributed by atoms with Gasteiger partial charge in [0.2, 0.25) is 5.91 Å². The van der Waals surface area contributed by atoms with E-state index in [1.165, 1.54) is 45.6 Å². The van der Waals surface area contributed by atoms with Crippen molar-refractivity contribution in [1.82, 2.24) is 5.32 Å². The molecule has 4 aliphatic carbocycles. The maximum absolute atomic E-state index is 12.2. The van der Waals surface area contributed by atoms with Crippen molar-refractivity contribution in [2.45, 2.75) is 58.8 Å². The van der Waals surface area contributed by atoms with E-state index in [2.05, 4.69) is 23.9 Å². The van der Waals surface area contributed by atoms with E-state index in [4.69, 9.17) is 0 Å². The highest BCUT2D eigenvalue weighted by molar-refractivity contribution is 5.82. The average molecular weight is 293 g/mol. The van der Waals surface area contributed by atoms with E-state index in [0.29, 0.717) is 17.3 Å². The molecule has 0 aliphatic heterocycles. The molecule has 0 radical (unpaired) electrons. The Hall–Kier alpha value is -1.06. The number of nitrogens with one attached hydrogen (secondary N) is 1. The summed E-state index contributed by atoms with van der Waals surface area (Å²) in [6.07, 6.45) is 8.13. The van der Waals surface area contributed by atoms with Crippen LogP contribution in [-0.4, -0.2) is 25.5 Å². The van der Waals surface area contributed by atoms with Crippen LogP contribution in [0.1, 0.15) is 58.8 Å². The standard InChI is InChI=1S/C17H27NO3/c1-15-4-12-5-16(2,9-15)11-17(6-12,10-15)7-13(19)18-8-14(20)21-3/h12H,4-11H2,1-3H3,(H,18,19). The molecule has 1 N–H and O–H groups in total. The second-order valence-corrected chi connectivity index (χ2v) is 8.66. The van der Waals surface area contributed by atoms with Crippen LogP contribution in [0.25, 0.3) is 0 Å². The van der Waals surface area contributed by atoms with Crippen LogP contribution >= 0.6 is 0 Å². The minimum absolute atomic E-state index is 0.00884. The van der Waals surface area contributed by atoms with Crippen molar-refractivity contribution >= 4 is 11.9 Å². The van der Waals surface area contributed by atoms with Gasteiger partial charge in [-0.15, -0.1) is 0 Å². The zero-order chi connectivity index (χ0) is 15.3. The molecule has 4 heteroatoms. The Morgan fingerprint density at radius 3 is 2.24 bits per heavy atom. The summed E-state index contributed by atoms with van der Waals surface area (Å²) in [4.78, 5) is 23.4. The summed E-state index contributed by atoms with van der Waals surface area (Å²) >= 11 is 0. The van der Waals surface area contributed by atoms with Gasteiger partial charge in [0, 0.05) is 6.42 Å². The van der Waals surface area contributed by atoms with Gasteiger partial charge in [0.25, 0.3) is 0 Å². The molecule has 2 atom stereocenters. The second-order valence-electron chi connectivity index (χ2n) is 8.66. The van der Waals surface area contributed by atoms with E-state index < -0.39 is 0 Å². The largest absolute Gasteiger partial charge is 0.468 e. The maximum atomic E-state index is 12.2. The lowest BCUT2D eigenvalue weighted by molar-refractivity contribution is -0.157. The highest BCUT2D eigenvalue weighted by atomic mass is 16.5. The molecule has 4 nitrogen and oxygen atoms in total. The molecule has 4 rings (SSSR count). The van der Waals surface area contributed by atoms with E-state index in [0.717, 1.165) is 5.92 Å². The number of amides is 1. The molecule has 0 saturated heterocycles. The van der Waals surface area contributed by atoms with E-state index in [1.807, 2.05) is 0 Å². The molecule has 0 heterocycles. The number of methoxy groups -OCH3 is 1. The van der Waals surface area contributed by atoms with Crippen molar-refractivity contribution < 1.29 is 14.3 Å². The zero-order valence-electron chi connectivity index (χ0n) is 13.5. The van der Waals surface area contributed by atoms with Crippen LogP contribution in [0, 0.1) is 22.2 Å². The van der Waals surface area contributed by atoms with Crippen LogP contribution in [-0.2, 0) is 14.3 Å². The Morgan fingerprint density at radius 2 is 1.71 bits per heavy atom. The van der Waals surface area contributed by atoms with Crippen molar-refractivity contribution in [2.75, 3.05) is 13.7 Å². The van der Waals surface area contributed by atoms with Gasteiger partial charge in [-0.2, -0.15) is 0 Å². The van der Waals surface area contributed by atoms with Crippen LogP contribution in [0.4, 0.5) is 0 Å². The van der Waals surface area contributed by atoms with Crippen molar-refractivity contribution in [2.24, 2.45) is 22.2 Å². The molecule has 0 aromatic heterocycles. The summed E-state index contributed by atoms with van der Waals surface area (Å²) in [7, 11) is 1.34. The molecule has 21 heavy (non-hydrogen) atoms. The highest BCUT2D eigenvalue weighted by Gasteiger charge is 2.60. The predicted molar refractivity (Wildman–Crippen MR) is 79.5 cm³/mol. The SMILES string of the molecule is COC(=O)CNC(=O)CC12CC3CC(C)(CC(C)(C3)C1)C2. The van der Waals surface area contributed by atoms with Crippen LogP contribution < -0.4 is 5.32 Å². The molecule has 4 fully saturated rings. The first-order chi connectivity index (χ1) is 9.76. The van der Waals surface area contributed by atoms with Crippen molar-refractivity contribution in [3.8, 4) is 0 Å². The van der Waals surface area contributed by atoms with Crippen LogP contribution in [0.3, 0.4) is 0 Å². The first kappa shape index (κ1) is 14.9. The Balaban J connectivity index is 1.67. The van der Waals surface area contributed by atoms with Gasteiger partial charge in [0.05, 0.1) is 7.11 Å². The summed E-state index contributed by atoms with van der Waals surface area (Å²) in [5.74, 6) is 0.423. The fourth-order valence-electron chi connectivity index (χ4n) is 6.53. The number of hydrogen-bond donors (Lipinski definition) is 1. The van der Waals surface area contributed by atoms with Gasteiger partial charge >= 0.3 is 5.97 Å². The third-order valence-corrected chi connectivity index (χ3v) is 5.93. The quantitative estimate of drug-likeness (QED) is 0.811. The molecular weight excluding hydrogens is 266 g/mol. The van der Waals surface area contributed by atoms with E-state index >= 15 is 0 Å². The Kier molecular flexibility index (Phi) is 3.34. The molecule has 0 spiro atoms. The van der Waals surface area contributed by atoms with Crippen molar-refractivity contribution in [3.63, 3.8) is 0 Å². The number of carbonyl (C=O) groups excluding carboxylic acids is 2. The van der Waals surface area contributed by atoms with Gasteiger partial charge < -0.3 is 10.1 Å². The molecule has 2 unspecified atom stereocenters. The maximum Gasteiger partial charge on any atom is 0.325 e. The number of ether oxygens (including phenoxy) is 1. The van der Waals surface area contributed by atoms with E-state index in [1.54, 1.807) is 0 Å². The van der Waals surface area contributed by atoms with Gasteiger partial charge in [0.15, 0.2) is 0 Å². The normalized spacial score (nSPS) is 43.7. The lowest BCUT2D eigenvalue weighted by atomic mass is 9.40. The lowest BCUT2D eigenvalue weighted by Crippen LogP contribution is -2.56. The monoisotopic (exact) mass is 293 g/mol. The molecule has 1 amide bonds. The van der Waals surface area contributed by atoms with Gasteiger partial charge in [-0.05, 0) is 60.7 Å². The third-order valence-electron chi connectivity index (χ3n) is 5.93. The smallest absolute Gasteiger partial charge is 0.325 e. The fourth-order valence-corrected chi connectivity index (χ4v) is 6.53. The molecule has 4 bridgehead atoms. The number of carbonyl (C=O) groups is 2. The minimum Gasteiger partial charge on any atom is -0.468 e.